The molecule has 1 fully saturated rings. The second kappa shape index (κ2) is 5.78. The molecule has 1 aromatic heterocycles. The Morgan fingerprint density at radius 2 is 2.00 bits per heavy atom. The average Bonchev–Trinajstić information content (AvgIpc) is 2.30. The summed E-state index contributed by atoms with van der Waals surface area (Å²) >= 11 is 5.94. The number of carbonyl (C=O) groups is 1. The van der Waals surface area contributed by atoms with Crippen molar-refractivity contribution in [3.8, 4) is 0 Å². The van der Waals surface area contributed by atoms with Crippen LogP contribution < -0.4 is 11.1 Å². The first-order valence-electron chi connectivity index (χ1n) is 6.67. The van der Waals surface area contributed by atoms with Gasteiger partial charge < -0.3 is 11.1 Å². The Kier molecular flexibility index (Phi) is 4.30. The number of pyridine rings is 1. The standard InChI is InChI=1S/C14H20ClN3O/c1-8-3-9(2)5-11(4-8)18-14(19)12-6-10(16)7-17-13(12)15/h6-9,11H,3-5,16H2,1-2H3,(H,18,19). The minimum Gasteiger partial charge on any atom is -0.397 e. The van der Waals surface area contributed by atoms with Gasteiger partial charge in [0.15, 0.2) is 0 Å². The van der Waals surface area contributed by atoms with E-state index < -0.39 is 0 Å². The summed E-state index contributed by atoms with van der Waals surface area (Å²) in [5, 5.41) is 3.24. The molecule has 0 radical (unpaired) electrons. The van der Waals surface area contributed by atoms with Crippen LogP contribution in [0.3, 0.4) is 0 Å². The SMILES string of the molecule is CC1CC(C)CC(NC(=O)c2cc(N)cnc2Cl)C1. The number of nitrogen functional groups attached to an aromatic ring is 1. The fourth-order valence-corrected chi connectivity index (χ4v) is 3.14. The van der Waals surface area contributed by atoms with Gasteiger partial charge in [-0.15, -0.1) is 0 Å². The van der Waals surface area contributed by atoms with Crippen LogP contribution in [0.1, 0.15) is 43.5 Å². The lowest BCUT2D eigenvalue weighted by Crippen LogP contribution is -2.40. The van der Waals surface area contributed by atoms with E-state index in [1.807, 2.05) is 0 Å². The zero-order chi connectivity index (χ0) is 14.0. The first-order chi connectivity index (χ1) is 8.95. The van der Waals surface area contributed by atoms with Gasteiger partial charge in [-0.05, 0) is 37.2 Å². The number of hydrogen-bond acceptors (Lipinski definition) is 3. The van der Waals surface area contributed by atoms with Gasteiger partial charge in [-0.25, -0.2) is 4.98 Å². The van der Waals surface area contributed by atoms with Crippen LogP contribution in [0.25, 0.3) is 0 Å². The van der Waals surface area contributed by atoms with Crippen LogP contribution in [-0.2, 0) is 0 Å². The monoisotopic (exact) mass is 281 g/mol. The molecule has 1 amide bonds. The van der Waals surface area contributed by atoms with Gasteiger partial charge in [0.05, 0.1) is 17.4 Å². The summed E-state index contributed by atoms with van der Waals surface area (Å²) < 4.78 is 0. The minimum atomic E-state index is -0.184. The third-order valence-corrected chi connectivity index (χ3v) is 3.92. The van der Waals surface area contributed by atoms with Gasteiger partial charge in [0.2, 0.25) is 0 Å². The van der Waals surface area contributed by atoms with E-state index in [1.54, 1.807) is 6.07 Å². The highest BCUT2D eigenvalue weighted by atomic mass is 35.5. The summed E-state index contributed by atoms with van der Waals surface area (Å²) in [6.45, 7) is 4.45. The molecule has 0 saturated heterocycles. The van der Waals surface area contributed by atoms with Gasteiger partial charge in [-0.1, -0.05) is 25.4 Å². The molecule has 3 N–H and O–H groups in total. The Balaban J connectivity index is 2.06. The molecular weight excluding hydrogens is 262 g/mol. The number of halogens is 1. The van der Waals surface area contributed by atoms with E-state index in [1.165, 1.54) is 12.6 Å². The second-order valence-corrected chi connectivity index (χ2v) is 6.05. The molecule has 1 heterocycles. The predicted molar refractivity (Wildman–Crippen MR) is 77.1 cm³/mol. The summed E-state index contributed by atoms with van der Waals surface area (Å²) in [4.78, 5) is 16.1. The van der Waals surface area contributed by atoms with Crippen molar-refractivity contribution in [3.63, 3.8) is 0 Å². The average molecular weight is 282 g/mol. The molecule has 2 unspecified atom stereocenters. The lowest BCUT2D eigenvalue weighted by atomic mass is 9.80. The molecule has 5 heteroatoms. The maximum Gasteiger partial charge on any atom is 0.254 e. The molecule has 0 aliphatic heterocycles. The lowest BCUT2D eigenvalue weighted by molar-refractivity contribution is 0.0911. The number of nitrogens with one attached hydrogen (secondary N) is 1. The Hall–Kier alpha value is -1.29. The van der Waals surface area contributed by atoms with E-state index in [-0.39, 0.29) is 17.1 Å². The smallest absolute Gasteiger partial charge is 0.254 e. The molecule has 2 atom stereocenters. The highest BCUT2D eigenvalue weighted by Crippen LogP contribution is 2.29. The van der Waals surface area contributed by atoms with Crippen molar-refractivity contribution in [2.75, 3.05) is 5.73 Å². The van der Waals surface area contributed by atoms with Crippen LogP contribution in [0.5, 0.6) is 0 Å². The highest BCUT2D eigenvalue weighted by Gasteiger charge is 2.26. The van der Waals surface area contributed by atoms with Crippen molar-refractivity contribution >= 4 is 23.2 Å². The zero-order valence-corrected chi connectivity index (χ0v) is 12.1. The Morgan fingerprint density at radius 1 is 1.37 bits per heavy atom. The number of nitrogens with zero attached hydrogens (tertiary/aromatic N) is 1. The van der Waals surface area contributed by atoms with Crippen LogP contribution in [0.2, 0.25) is 5.15 Å². The largest absolute Gasteiger partial charge is 0.397 e. The van der Waals surface area contributed by atoms with Crippen LogP contribution in [0.4, 0.5) is 5.69 Å². The van der Waals surface area contributed by atoms with Crippen molar-refractivity contribution in [1.29, 1.82) is 0 Å². The summed E-state index contributed by atoms with van der Waals surface area (Å²) in [6.07, 6.45) is 4.71. The molecule has 1 aliphatic carbocycles. The fourth-order valence-electron chi connectivity index (χ4n) is 2.95. The van der Waals surface area contributed by atoms with Gasteiger partial charge in [-0.2, -0.15) is 0 Å². The normalized spacial score (nSPS) is 27.0. The number of nitrogens with two attached hydrogens (primary N) is 1. The Bertz CT molecular complexity index is 468. The molecule has 1 aromatic rings. The number of hydrogen-bond donors (Lipinski definition) is 2. The van der Waals surface area contributed by atoms with Crippen LogP contribution in [0.15, 0.2) is 12.3 Å². The Morgan fingerprint density at radius 3 is 2.63 bits per heavy atom. The number of carbonyl (C=O) groups excluding carboxylic acids is 1. The topological polar surface area (TPSA) is 68.0 Å². The molecule has 1 aliphatic rings. The van der Waals surface area contributed by atoms with E-state index in [0.717, 1.165) is 12.8 Å². The van der Waals surface area contributed by atoms with E-state index in [2.05, 4.69) is 24.1 Å². The molecule has 1 saturated carbocycles. The summed E-state index contributed by atoms with van der Waals surface area (Å²) in [5.74, 6) is 1.10. The quantitative estimate of drug-likeness (QED) is 0.819. The van der Waals surface area contributed by atoms with Gasteiger partial charge in [0.25, 0.3) is 5.91 Å². The number of anilines is 1. The van der Waals surface area contributed by atoms with Crippen LogP contribution in [-0.4, -0.2) is 16.9 Å². The van der Waals surface area contributed by atoms with Crippen molar-refractivity contribution < 1.29 is 4.79 Å². The van der Waals surface area contributed by atoms with Crippen LogP contribution in [0, 0.1) is 11.8 Å². The van der Waals surface area contributed by atoms with Gasteiger partial charge in [0, 0.05) is 6.04 Å². The van der Waals surface area contributed by atoms with Gasteiger partial charge in [-0.3, -0.25) is 4.79 Å². The third kappa shape index (κ3) is 3.60. The second-order valence-electron chi connectivity index (χ2n) is 5.69. The zero-order valence-electron chi connectivity index (χ0n) is 11.3. The minimum absolute atomic E-state index is 0.184. The molecule has 104 valence electrons. The summed E-state index contributed by atoms with van der Waals surface area (Å²) in [7, 11) is 0. The first-order valence-corrected chi connectivity index (χ1v) is 7.05. The van der Waals surface area contributed by atoms with Crippen LogP contribution >= 0.6 is 11.6 Å². The first kappa shape index (κ1) is 14.1. The maximum absolute atomic E-state index is 12.2. The third-order valence-electron chi connectivity index (χ3n) is 3.62. The predicted octanol–water partition coefficient (Wildman–Crippen LogP) is 2.87. The molecular formula is C14H20ClN3O. The van der Waals surface area contributed by atoms with E-state index >= 15 is 0 Å². The van der Waals surface area contributed by atoms with Crippen molar-refractivity contribution in [2.45, 2.75) is 39.2 Å². The maximum atomic E-state index is 12.2. The highest BCUT2D eigenvalue weighted by molar-refractivity contribution is 6.32. The summed E-state index contributed by atoms with van der Waals surface area (Å²) in [5.41, 5.74) is 6.44. The lowest BCUT2D eigenvalue weighted by Gasteiger charge is -2.32. The van der Waals surface area contributed by atoms with Crippen molar-refractivity contribution in [3.05, 3.63) is 23.0 Å². The van der Waals surface area contributed by atoms with Crippen molar-refractivity contribution in [2.24, 2.45) is 11.8 Å². The fraction of sp³-hybridized carbons (Fsp3) is 0.571. The molecule has 0 bridgehead atoms. The molecule has 19 heavy (non-hydrogen) atoms. The molecule has 0 aromatic carbocycles. The van der Waals surface area contributed by atoms with Gasteiger partial charge in [0.1, 0.15) is 5.15 Å². The molecule has 2 rings (SSSR count). The van der Waals surface area contributed by atoms with Crippen molar-refractivity contribution in [1.82, 2.24) is 10.3 Å². The molecule has 4 nitrogen and oxygen atoms in total. The van der Waals surface area contributed by atoms with Gasteiger partial charge >= 0.3 is 0 Å². The summed E-state index contributed by atoms with van der Waals surface area (Å²) in [6, 6.07) is 1.78. The number of aromatic nitrogens is 1. The van der Waals surface area contributed by atoms with E-state index in [9.17, 15) is 4.79 Å². The number of amides is 1. The van der Waals surface area contributed by atoms with E-state index in [0.29, 0.717) is 23.1 Å². The number of rotatable bonds is 2. The Labute approximate surface area is 118 Å². The molecule has 0 spiro atoms. The van der Waals surface area contributed by atoms with E-state index in [4.69, 9.17) is 17.3 Å².